The molecule has 3 aliphatic rings. The Hall–Kier alpha value is -0.920. The van der Waals surface area contributed by atoms with Crippen molar-refractivity contribution < 1.29 is 23.7 Å². The third-order valence-electron chi connectivity index (χ3n) is 4.64. The zero-order valence-electron chi connectivity index (χ0n) is 13.4. The van der Waals surface area contributed by atoms with E-state index in [1.807, 2.05) is 44.2 Å². The number of benzene rings is 1. The van der Waals surface area contributed by atoms with Crippen molar-refractivity contribution >= 4 is 17.5 Å². The Labute approximate surface area is 139 Å². The van der Waals surface area contributed by atoms with Crippen LogP contribution in [0.3, 0.4) is 0 Å². The van der Waals surface area contributed by atoms with Crippen LogP contribution in [-0.4, -0.2) is 48.0 Å². The van der Waals surface area contributed by atoms with Gasteiger partial charge in [0.25, 0.3) is 0 Å². The second-order valence-electron chi connectivity index (χ2n) is 6.62. The molecule has 2 saturated heterocycles. The van der Waals surface area contributed by atoms with Crippen LogP contribution in [-0.2, 0) is 23.7 Å². The van der Waals surface area contributed by atoms with E-state index in [1.165, 1.54) is 0 Å². The van der Waals surface area contributed by atoms with E-state index < -0.39 is 23.8 Å². The van der Waals surface area contributed by atoms with Gasteiger partial charge in [-0.1, -0.05) is 18.2 Å². The molecule has 3 unspecified atom stereocenters. The Morgan fingerprint density at radius 1 is 1.17 bits per heavy atom. The predicted octanol–water partition coefficient (Wildman–Crippen LogP) is 2.38. The van der Waals surface area contributed by atoms with Crippen molar-refractivity contribution in [3.05, 3.63) is 30.3 Å². The second-order valence-corrected chi connectivity index (χ2v) is 7.90. The number of Topliss-reactive ketones (excluding diaryl/α,β-unsaturated/α-hetero) is 1. The molecule has 1 aromatic rings. The molecule has 4 rings (SSSR count). The molecule has 1 saturated carbocycles. The number of ether oxygens (including phenoxy) is 4. The highest BCUT2D eigenvalue weighted by Crippen LogP contribution is 2.54. The smallest absolute Gasteiger partial charge is 0.187 e. The summed E-state index contributed by atoms with van der Waals surface area (Å²) in [6.45, 7) is 3.70. The molecule has 23 heavy (non-hydrogen) atoms. The van der Waals surface area contributed by atoms with Crippen LogP contribution in [0.2, 0.25) is 0 Å². The molecular weight excluding hydrogens is 316 g/mol. The molecule has 0 N–H and O–H groups in total. The summed E-state index contributed by atoms with van der Waals surface area (Å²) in [5.41, 5.74) is -0.925. The molecule has 124 valence electrons. The van der Waals surface area contributed by atoms with E-state index in [0.717, 1.165) is 4.90 Å². The molecular formula is C17H20O5S. The van der Waals surface area contributed by atoms with Crippen LogP contribution in [0, 0.1) is 0 Å². The summed E-state index contributed by atoms with van der Waals surface area (Å²) in [6, 6.07) is 9.93. The highest BCUT2D eigenvalue weighted by Gasteiger charge is 2.72. The third-order valence-corrected chi connectivity index (χ3v) is 5.84. The number of rotatable bonds is 3. The fourth-order valence-corrected chi connectivity index (χ4v) is 4.88. The van der Waals surface area contributed by atoms with Gasteiger partial charge in [0, 0.05) is 18.4 Å². The Balaban J connectivity index is 1.53. The summed E-state index contributed by atoms with van der Waals surface area (Å²) in [5, 5.41) is -0.110. The lowest BCUT2D eigenvalue weighted by atomic mass is 9.74. The molecule has 2 heterocycles. The van der Waals surface area contributed by atoms with E-state index in [-0.39, 0.29) is 17.1 Å². The molecule has 0 amide bonds. The monoisotopic (exact) mass is 336 g/mol. The molecule has 6 heteroatoms. The maximum absolute atomic E-state index is 12.9. The van der Waals surface area contributed by atoms with Gasteiger partial charge in [0.1, 0.15) is 12.2 Å². The van der Waals surface area contributed by atoms with Gasteiger partial charge in [-0.3, -0.25) is 4.79 Å². The first-order valence-electron chi connectivity index (χ1n) is 7.77. The van der Waals surface area contributed by atoms with Gasteiger partial charge in [0.15, 0.2) is 23.5 Å². The van der Waals surface area contributed by atoms with Gasteiger partial charge in [-0.25, -0.2) is 0 Å². The fourth-order valence-electron chi connectivity index (χ4n) is 3.60. The second kappa shape index (κ2) is 5.29. The first-order valence-corrected chi connectivity index (χ1v) is 8.65. The minimum Gasteiger partial charge on any atom is -0.353 e. The minimum atomic E-state index is -0.925. The Morgan fingerprint density at radius 3 is 2.57 bits per heavy atom. The standard InChI is InChI=1S/C17H20O5S/c1-16(2)20-12-14(21-16)17(22-15(12)19-3)9-11(13(17)18)23-10-7-5-4-6-8-10/h4-8,11-12,14-15H,9H2,1-3H3/t11?,12?,14-,15?,17-/m1/s1. The molecule has 1 spiro atoms. The first-order chi connectivity index (χ1) is 11.0. The predicted molar refractivity (Wildman–Crippen MR) is 84.1 cm³/mol. The van der Waals surface area contributed by atoms with Gasteiger partial charge in [-0.05, 0) is 26.0 Å². The number of hydrogen-bond acceptors (Lipinski definition) is 6. The molecule has 5 atom stereocenters. The van der Waals surface area contributed by atoms with Crippen molar-refractivity contribution in [2.45, 2.75) is 60.3 Å². The summed E-state index contributed by atoms with van der Waals surface area (Å²) in [5.74, 6) is -0.650. The first kappa shape index (κ1) is 15.6. The summed E-state index contributed by atoms with van der Waals surface area (Å²) in [7, 11) is 1.56. The quantitative estimate of drug-likeness (QED) is 0.845. The van der Waals surface area contributed by atoms with E-state index in [9.17, 15) is 4.79 Å². The largest absolute Gasteiger partial charge is 0.353 e. The summed E-state index contributed by atoms with van der Waals surface area (Å²) < 4.78 is 23.2. The van der Waals surface area contributed by atoms with Crippen LogP contribution in [0.25, 0.3) is 0 Å². The van der Waals surface area contributed by atoms with E-state index >= 15 is 0 Å². The highest BCUT2D eigenvalue weighted by molar-refractivity contribution is 8.00. The Kier molecular flexibility index (Phi) is 3.59. The Bertz CT molecular complexity index is 619. The Morgan fingerprint density at radius 2 is 1.91 bits per heavy atom. The van der Waals surface area contributed by atoms with Gasteiger partial charge >= 0.3 is 0 Å². The minimum absolute atomic E-state index is 0.0715. The number of ketones is 1. The number of thioether (sulfide) groups is 1. The van der Waals surface area contributed by atoms with Crippen molar-refractivity contribution in [1.29, 1.82) is 0 Å². The highest BCUT2D eigenvalue weighted by atomic mass is 32.2. The van der Waals surface area contributed by atoms with Crippen LogP contribution >= 0.6 is 11.8 Å². The zero-order valence-corrected chi connectivity index (χ0v) is 14.2. The van der Waals surface area contributed by atoms with E-state index in [0.29, 0.717) is 6.42 Å². The molecule has 5 nitrogen and oxygen atoms in total. The van der Waals surface area contributed by atoms with E-state index in [1.54, 1.807) is 18.9 Å². The number of fused-ring (bicyclic) bond motifs is 2. The normalized spacial score (nSPS) is 41.1. The summed E-state index contributed by atoms with van der Waals surface area (Å²) in [4.78, 5) is 14.0. The van der Waals surface area contributed by atoms with Crippen LogP contribution in [0.4, 0.5) is 0 Å². The van der Waals surface area contributed by atoms with E-state index in [4.69, 9.17) is 18.9 Å². The molecule has 1 aliphatic carbocycles. The fraction of sp³-hybridized carbons (Fsp3) is 0.588. The molecule has 3 fully saturated rings. The average molecular weight is 336 g/mol. The molecule has 1 aromatic carbocycles. The van der Waals surface area contributed by atoms with Crippen LogP contribution in [0.5, 0.6) is 0 Å². The lowest BCUT2D eigenvalue weighted by Gasteiger charge is -2.44. The van der Waals surface area contributed by atoms with Gasteiger partial charge in [0.05, 0.1) is 5.25 Å². The molecule has 0 aromatic heterocycles. The van der Waals surface area contributed by atoms with Crippen LogP contribution in [0.1, 0.15) is 20.3 Å². The number of methoxy groups -OCH3 is 1. The van der Waals surface area contributed by atoms with Crippen molar-refractivity contribution in [2.24, 2.45) is 0 Å². The molecule has 2 aliphatic heterocycles. The maximum Gasteiger partial charge on any atom is 0.187 e. The van der Waals surface area contributed by atoms with Gasteiger partial charge in [0.2, 0.25) is 0 Å². The van der Waals surface area contributed by atoms with Crippen molar-refractivity contribution in [2.75, 3.05) is 7.11 Å². The van der Waals surface area contributed by atoms with Crippen LogP contribution in [0.15, 0.2) is 35.2 Å². The lowest BCUT2D eigenvalue weighted by Crippen LogP contribution is -2.63. The summed E-state index contributed by atoms with van der Waals surface area (Å²) >= 11 is 1.58. The zero-order chi connectivity index (χ0) is 16.2. The number of carbonyl (C=O) groups excluding carboxylic acids is 1. The maximum atomic E-state index is 12.9. The van der Waals surface area contributed by atoms with Crippen LogP contribution < -0.4 is 0 Å². The third kappa shape index (κ3) is 2.36. The number of hydrogen-bond donors (Lipinski definition) is 0. The van der Waals surface area contributed by atoms with Crippen molar-refractivity contribution in [3.63, 3.8) is 0 Å². The number of carbonyl (C=O) groups is 1. The molecule has 0 bridgehead atoms. The molecule has 0 radical (unpaired) electrons. The van der Waals surface area contributed by atoms with Gasteiger partial charge < -0.3 is 18.9 Å². The van der Waals surface area contributed by atoms with Gasteiger partial charge in [-0.2, -0.15) is 0 Å². The lowest BCUT2D eigenvalue weighted by molar-refractivity contribution is -0.254. The van der Waals surface area contributed by atoms with Gasteiger partial charge in [-0.15, -0.1) is 11.8 Å². The topological polar surface area (TPSA) is 54.0 Å². The van der Waals surface area contributed by atoms with E-state index in [2.05, 4.69) is 0 Å². The summed E-state index contributed by atoms with van der Waals surface area (Å²) in [6.07, 6.45) is -0.705. The van der Waals surface area contributed by atoms with Crippen molar-refractivity contribution in [3.8, 4) is 0 Å². The van der Waals surface area contributed by atoms with Crippen molar-refractivity contribution in [1.82, 2.24) is 0 Å². The SMILES string of the molecule is COC1O[C@@]2(CC(Sc3ccccc3)C2=O)[C@@H]2OC(C)(C)OC12. The average Bonchev–Trinajstić information content (AvgIpc) is 3.00.